The van der Waals surface area contributed by atoms with E-state index in [0.29, 0.717) is 53.5 Å². The highest BCUT2D eigenvalue weighted by molar-refractivity contribution is 6.07. The van der Waals surface area contributed by atoms with Crippen molar-refractivity contribution < 1.29 is 23.5 Å². The lowest BCUT2D eigenvalue weighted by molar-refractivity contribution is -0.122. The number of carbonyl (C=O) groups excluding carboxylic acids is 2. The average Bonchev–Trinajstić information content (AvgIpc) is 2.91. The molecule has 0 spiro atoms. The molecule has 1 atom stereocenters. The van der Waals surface area contributed by atoms with Crippen molar-refractivity contribution in [3.05, 3.63) is 59.5 Å². The maximum Gasteiger partial charge on any atom is 0.236 e. The number of methoxy groups -OCH3 is 1. The number of nitrogens with zero attached hydrogens (tertiary/aromatic N) is 1. The maximum atomic E-state index is 14.7. The molecule has 2 aromatic rings. The molecule has 5 N–H and O–H groups in total. The van der Waals surface area contributed by atoms with Crippen LogP contribution in [0.1, 0.15) is 43.7 Å². The largest absolute Gasteiger partial charge is 0.497 e. The summed E-state index contributed by atoms with van der Waals surface area (Å²) in [7, 11) is 1.57. The number of anilines is 1. The molecular weight excluding hydrogens is 475 g/mol. The first kappa shape index (κ1) is 29.8. The summed E-state index contributed by atoms with van der Waals surface area (Å²) in [5, 5.41) is 2.85. The molecule has 0 fully saturated rings. The Bertz CT molecular complexity index is 1040. The highest BCUT2D eigenvalue weighted by Crippen LogP contribution is 2.35. The summed E-state index contributed by atoms with van der Waals surface area (Å²) < 4.78 is 25.8. The molecule has 8 nitrogen and oxygen atoms in total. The van der Waals surface area contributed by atoms with Gasteiger partial charge in [-0.3, -0.25) is 9.59 Å². The van der Waals surface area contributed by atoms with Crippen molar-refractivity contribution >= 4 is 23.5 Å². The highest BCUT2D eigenvalue weighted by atomic mass is 19.1. The Morgan fingerprint density at radius 1 is 1.19 bits per heavy atom. The van der Waals surface area contributed by atoms with Crippen molar-refractivity contribution in [3.8, 4) is 11.5 Å². The summed E-state index contributed by atoms with van der Waals surface area (Å²) in [4.78, 5) is 26.3. The zero-order valence-electron chi connectivity index (χ0n) is 22.0. The Balaban J connectivity index is 2.38. The van der Waals surface area contributed by atoms with Gasteiger partial charge in [-0.05, 0) is 62.6 Å². The Kier molecular flexibility index (Phi) is 12.6. The molecular formula is C28H39FN4O4. The number of carbonyl (C=O) groups is 2. The Hall–Kier alpha value is -3.43. The Morgan fingerprint density at radius 3 is 2.54 bits per heavy atom. The standard InChI is InChI=1S/C28H39FN4O4/c1-4-17-37-26-13-12-24(29)20(2)27(26)33(16-15-32-28(35)25(31)7-5-6-14-30)18-22(19-34)21-8-10-23(36-3)11-9-21/h8-13,18-19,25H,4-7,14-17,30-31H2,1-3H3,(H,32,35)/b22-18+. The first-order chi connectivity index (χ1) is 17.9. The molecule has 0 aliphatic rings. The Morgan fingerprint density at radius 2 is 1.92 bits per heavy atom. The second kappa shape index (κ2) is 15.6. The zero-order chi connectivity index (χ0) is 27.2. The molecule has 0 radical (unpaired) electrons. The van der Waals surface area contributed by atoms with Gasteiger partial charge in [0.15, 0.2) is 6.29 Å². The predicted molar refractivity (Wildman–Crippen MR) is 145 cm³/mol. The molecule has 1 amide bonds. The van der Waals surface area contributed by atoms with Crippen LogP contribution >= 0.6 is 0 Å². The second-order valence-corrected chi connectivity index (χ2v) is 8.67. The summed E-state index contributed by atoms with van der Waals surface area (Å²) in [6.45, 7) is 5.11. The van der Waals surface area contributed by atoms with Crippen LogP contribution in [0.3, 0.4) is 0 Å². The number of rotatable bonds is 16. The van der Waals surface area contributed by atoms with Crippen LogP contribution in [0, 0.1) is 12.7 Å². The molecule has 2 aromatic carbocycles. The number of amides is 1. The van der Waals surface area contributed by atoms with Gasteiger partial charge in [-0.2, -0.15) is 0 Å². The topological polar surface area (TPSA) is 120 Å². The number of hydrogen-bond donors (Lipinski definition) is 3. The number of nitrogens with two attached hydrogens (primary N) is 2. The van der Waals surface area contributed by atoms with Crippen LogP contribution < -0.4 is 31.2 Å². The van der Waals surface area contributed by atoms with E-state index in [1.54, 1.807) is 55.5 Å². The summed E-state index contributed by atoms with van der Waals surface area (Å²) in [6, 6.07) is 9.35. The lowest BCUT2D eigenvalue weighted by Gasteiger charge is -2.27. The summed E-state index contributed by atoms with van der Waals surface area (Å²) in [5.41, 5.74) is 13.4. The van der Waals surface area contributed by atoms with Crippen molar-refractivity contribution in [1.82, 2.24) is 5.32 Å². The van der Waals surface area contributed by atoms with Crippen molar-refractivity contribution in [3.63, 3.8) is 0 Å². The molecule has 0 aliphatic carbocycles. The van der Waals surface area contributed by atoms with Gasteiger partial charge >= 0.3 is 0 Å². The minimum Gasteiger partial charge on any atom is -0.497 e. The van der Waals surface area contributed by atoms with E-state index in [0.717, 1.165) is 25.5 Å². The minimum absolute atomic E-state index is 0.220. The van der Waals surface area contributed by atoms with E-state index >= 15 is 0 Å². The number of ether oxygens (including phenoxy) is 2. The monoisotopic (exact) mass is 514 g/mol. The number of allylic oxidation sites excluding steroid dienone is 1. The van der Waals surface area contributed by atoms with E-state index in [4.69, 9.17) is 20.9 Å². The molecule has 202 valence electrons. The number of halogens is 1. The molecule has 0 aromatic heterocycles. The summed E-state index contributed by atoms with van der Waals surface area (Å²) in [5.74, 6) is 0.472. The van der Waals surface area contributed by atoms with Crippen LogP contribution in [0.25, 0.3) is 5.57 Å². The van der Waals surface area contributed by atoms with Crippen LogP contribution in [-0.2, 0) is 9.59 Å². The van der Waals surface area contributed by atoms with Gasteiger partial charge in [-0.25, -0.2) is 4.39 Å². The smallest absolute Gasteiger partial charge is 0.236 e. The molecule has 0 heterocycles. The molecule has 9 heteroatoms. The van der Waals surface area contributed by atoms with Crippen LogP contribution in [-0.4, -0.2) is 51.6 Å². The van der Waals surface area contributed by atoms with Gasteiger partial charge < -0.3 is 31.2 Å². The fraction of sp³-hybridized carbons (Fsp3) is 0.429. The second-order valence-electron chi connectivity index (χ2n) is 8.67. The lowest BCUT2D eigenvalue weighted by Crippen LogP contribution is -2.43. The van der Waals surface area contributed by atoms with E-state index in [1.165, 1.54) is 6.07 Å². The molecule has 0 saturated heterocycles. The van der Waals surface area contributed by atoms with Gasteiger partial charge in [0, 0.05) is 30.4 Å². The van der Waals surface area contributed by atoms with Crippen molar-refractivity contribution in [2.75, 3.05) is 38.3 Å². The fourth-order valence-electron chi connectivity index (χ4n) is 3.77. The molecule has 2 rings (SSSR count). The van der Waals surface area contributed by atoms with Crippen molar-refractivity contribution in [1.29, 1.82) is 0 Å². The quantitative estimate of drug-likeness (QED) is 0.178. The molecule has 37 heavy (non-hydrogen) atoms. The summed E-state index contributed by atoms with van der Waals surface area (Å²) in [6.07, 6.45) is 5.27. The van der Waals surface area contributed by atoms with Gasteiger partial charge in [0.2, 0.25) is 5.91 Å². The van der Waals surface area contributed by atoms with Crippen molar-refractivity contribution in [2.24, 2.45) is 11.5 Å². The van der Waals surface area contributed by atoms with Gasteiger partial charge in [-0.15, -0.1) is 0 Å². The average molecular weight is 515 g/mol. The third-order valence-corrected chi connectivity index (χ3v) is 5.88. The van der Waals surface area contributed by atoms with E-state index in [9.17, 15) is 14.0 Å². The van der Waals surface area contributed by atoms with E-state index in [-0.39, 0.29) is 19.0 Å². The van der Waals surface area contributed by atoms with E-state index in [1.807, 2.05) is 6.92 Å². The van der Waals surface area contributed by atoms with E-state index in [2.05, 4.69) is 5.32 Å². The number of unbranched alkanes of at least 4 members (excludes halogenated alkanes) is 1. The normalized spacial score (nSPS) is 12.1. The van der Waals surface area contributed by atoms with Crippen LogP contribution in [0.5, 0.6) is 11.5 Å². The third-order valence-electron chi connectivity index (χ3n) is 5.88. The van der Waals surface area contributed by atoms with Crippen LogP contribution in [0.2, 0.25) is 0 Å². The fourth-order valence-corrected chi connectivity index (χ4v) is 3.77. The predicted octanol–water partition coefficient (Wildman–Crippen LogP) is 3.55. The minimum atomic E-state index is -0.639. The third kappa shape index (κ3) is 8.87. The van der Waals surface area contributed by atoms with Crippen LogP contribution in [0.15, 0.2) is 42.6 Å². The molecule has 1 unspecified atom stereocenters. The van der Waals surface area contributed by atoms with Crippen LogP contribution in [0.4, 0.5) is 10.1 Å². The van der Waals surface area contributed by atoms with Crippen molar-refractivity contribution in [2.45, 2.75) is 45.6 Å². The number of nitrogens with one attached hydrogen (secondary N) is 1. The van der Waals surface area contributed by atoms with E-state index < -0.39 is 11.9 Å². The SMILES string of the molecule is CCCOc1ccc(F)c(C)c1N(/C=C(\C=O)c1ccc(OC)cc1)CCNC(=O)C(N)CCCCN. The summed E-state index contributed by atoms with van der Waals surface area (Å²) >= 11 is 0. The first-order valence-corrected chi connectivity index (χ1v) is 12.6. The highest BCUT2D eigenvalue weighted by Gasteiger charge is 2.19. The van der Waals surface area contributed by atoms with Gasteiger partial charge in [0.05, 0.1) is 25.4 Å². The number of hydrogen-bond acceptors (Lipinski definition) is 7. The molecule has 0 aliphatic heterocycles. The molecule has 0 saturated carbocycles. The lowest BCUT2D eigenvalue weighted by atomic mass is 10.1. The van der Waals surface area contributed by atoms with Gasteiger partial charge in [-0.1, -0.05) is 25.5 Å². The maximum absolute atomic E-state index is 14.7. The molecule has 0 bridgehead atoms. The number of aldehydes is 1. The zero-order valence-corrected chi connectivity index (χ0v) is 22.0. The first-order valence-electron chi connectivity index (χ1n) is 12.6. The number of benzene rings is 2. The van der Waals surface area contributed by atoms with Gasteiger partial charge in [0.25, 0.3) is 0 Å². The van der Waals surface area contributed by atoms with Gasteiger partial charge in [0.1, 0.15) is 17.3 Å². The Labute approximate surface area is 218 Å².